The Morgan fingerprint density at radius 2 is 1.29 bits per heavy atom. The predicted molar refractivity (Wildman–Crippen MR) is 126 cm³/mol. The molecule has 8 heteroatoms. The van der Waals surface area contributed by atoms with Gasteiger partial charge in [-0.2, -0.15) is 0 Å². The molecular weight excluding hydrogens is 434 g/mol. The average Bonchev–Trinajstić information content (AvgIpc) is 2.87. The lowest BCUT2D eigenvalue weighted by Crippen LogP contribution is -2.04. The third kappa shape index (κ3) is 5.29. The summed E-state index contributed by atoms with van der Waals surface area (Å²) in [5, 5.41) is 21.4. The Labute approximate surface area is 196 Å². The van der Waals surface area contributed by atoms with Gasteiger partial charge in [0.05, 0.1) is 13.7 Å². The van der Waals surface area contributed by atoms with E-state index < -0.39 is 0 Å². The third-order valence-electron chi connectivity index (χ3n) is 5.01. The van der Waals surface area contributed by atoms with Crippen molar-refractivity contribution in [3.63, 3.8) is 0 Å². The normalized spacial score (nSPS) is 10.6. The second-order valence-electron chi connectivity index (χ2n) is 7.40. The van der Waals surface area contributed by atoms with Crippen LogP contribution in [0.4, 0.5) is 0 Å². The summed E-state index contributed by atoms with van der Waals surface area (Å²) in [6, 6.07) is 21.5. The van der Waals surface area contributed by atoms with Gasteiger partial charge in [0.25, 0.3) is 0 Å². The molecule has 172 valence electrons. The zero-order valence-corrected chi connectivity index (χ0v) is 18.5. The van der Waals surface area contributed by atoms with Crippen molar-refractivity contribution in [1.29, 1.82) is 0 Å². The Morgan fingerprint density at radius 1 is 0.794 bits per heavy atom. The zero-order valence-electron chi connectivity index (χ0n) is 18.5. The Morgan fingerprint density at radius 3 is 1.79 bits per heavy atom. The molecule has 1 aromatic heterocycles. The van der Waals surface area contributed by atoms with Crippen LogP contribution in [0.5, 0.6) is 17.2 Å². The molecule has 0 spiro atoms. The van der Waals surface area contributed by atoms with Crippen LogP contribution in [-0.4, -0.2) is 44.9 Å². The number of aromatic hydroxyl groups is 2. The molecule has 0 saturated carbocycles. The van der Waals surface area contributed by atoms with Gasteiger partial charge in [-0.25, -0.2) is 15.0 Å². The SMILES string of the molecule is COC(=O)CCCOc1cc(O)c(-c2nc(-c3ccccc3)nc(-c3ccccc3)n2)c(O)c1. The fourth-order valence-corrected chi connectivity index (χ4v) is 3.33. The van der Waals surface area contributed by atoms with E-state index in [0.29, 0.717) is 18.1 Å². The van der Waals surface area contributed by atoms with Gasteiger partial charge in [-0.3, -0.25) is 4.79 Å². The molecule has 0 unspecified atom stereocenters. The van der Waals surface area contributed by atoms with Gasteiger partial charge in [0.2, 0.25) is 0 Å². The second-order valence-corrected chi connectivity index (χ2v) is 7.40. The van der Waals surface area contributed by atoms with Gasteiger partial charge >= 0.3 is 5.97 Å². The second kappa shape index (κ2) is 10.4. The number of carbonyl (C=O) groups excluding carboxylic acids is 1. The number of hydrogen-bond acceptors (Lipinski definition) is 8. The molecule has 2 N–H and O–H groups in total. The number of rotatable bonds is 8. The zero-order chi connectivity index (χ0) is 23.9. The molecule has 3 aromatic carbocycles. The van der Waals surface area contributed by atoms with Crippen LogP contribution in [0.25, 0.3) is 34.2 Å². The summed E-state index contributed by atoms with van der Waals surface area (Å²) in [4.78, 5) is 24.9. The highest BCUT2D eigenvalue weighted by Crippen LogP contribution is 2.40. The molecule has 4 rings (SSSR count). The number of phenolic OH excluding ortho intramolecular Hbond substituents is 2. The standard InChI is InChI=1S/C26H23N3O5/c1-33-22(32)13-8-14-34-19-15-20(30)23(21(31)16-19)26-28-24(17-9-4-2-5-10-17)27-25(29-26)18-11-6-3-7-12-18/h2-7,9-12,15-16,30-31H,8,13-14H2,1H3. The summed E-state index contributed by atoms with van der Waals surface area (Å²) in [6.45, 7) is 0.218. The highest BCUT2D eigenvalue weighted by atomic mass is 16.5. The van der Waals surface area contributed by atoms with Crippen LogP contribution in [0.2, 0.25) is 0 Å². The first kappa shape index (κ1) is 22.7. The summed E-state index contributed by atoms with van der Waals surface area (Å²) in [5.41, 5.74) is 1.61. The number of methoxy groups -OCH3 is 1. The summed E-state index contributed by atoms with van der Waals surface area (Å²) in [7, 11) is 1.32. The number of carbonyl (C=O) groups is 1. The lowest BCUT2D eigenvalue weighted by molar-refractivity contribution is -0.140. The number of esters is 1. The number of aromatic nitrogens is 3. The van der Waals surface area contributed by atoms with Crippen LogP contribution in [0.15, 0.2) is 72.8 Å². The number of nitrogens with zero attached hydrogens (tertiary/aromatic N) is 3. The first-order chi connectivity index (χ1) is 16.5. The minimum atomic E-state index is -0.331. The molecule has 0 aliphatic rings. The molecule has 0 radical (unpaired) electrons. The van der Waals surface area contributed by atoms with Gasteiger partial charge in [0.15, 0.2) is 17.5 Å². The van der Waals surface area contributed by atoms with E-state index in [1.54, 1.807) is 0 Å². The van der Waals surface area contributed by atoms with Crippen molar-refractivity contribution in [2.75, 3.05) is 13.7 Å². The molecular formula is C26H23N3O5. The third-order valence-corrected chi connectivity index (χ3v) is 5.01. The van der Waals surface area contributed by atoms with Gasteiger partial charge in [0.1, 0.15) is 22.8 Å². The summed E-state index contributed by atoms with van der Waals surface area (Å²) < 4.78 is 10.2. The maximum absolute atomic E-state index is 11.2. The monoisotopic (exact) mass is 457 g/mol. The number of benzene rings is 3. The van der Waals surface area contributed by atoms with E-state index in [4.69, 9.17) is 4.74 Å². The molecule has 0 saturated heterocycles. The lowest BCUT2D eigenvalue weighted by atomic mass is 10.1. The van der Waals surface area contributed by atoms with E-state index in [1.807, 2.05) is 60.7 Å². The maximum Gasteiger partial charge on any atom is 0.305 e. The highest BCUT2D eigenvalue weighted by molar-refractivity contribution is 5.75. The number of ether oxygens (including phenoxy) is 2. The van der Waals surface area contributed by atoms with Crippen LogP contribution in [0.3, 0.4) is 0 Å². The Kier molecular flexibility index (Phi) is 6.98. The number of phenols is 2. The molecule has 8 nitrogen and oxygen atoms in total. The minimum absolute atomic E-state index is 0.0682. The molecule has 0 amide bonds. The van der Waals surface area contributed by atoms with Crippen molar-refractivity contribution >= 4 is 5.97 Å². The lowest BCUT2D eigenvalue weighted by Gasteiger charge is -2.12. The molecule has 34 heavy (non-hydrogen) atoms. The van der Waals surface area contributed by atoms with Gasteiger partial charge in [-0.05, 0) is 6.42 Å². The first-order valence-corrected chi connectivity index (χ1v) is 10.7. The van der Waals surface area contributed by atoms with Crippen LogP contribution in [0.1, 0.15) is 12.8 Å². The largest absolute Gasteiger partial charge is 0.507 e. The van der Waals surface area contributed by atoms with Crippen LogP contribution < -0.4 is 4.74 Å². The minimum Gasteiger partial charge on any atom is -0.507 e. The summed E-state index contributed by atoms with van der Waals surface area (Å²) in [5.74, 6) is 0.379. The predicted octanol–water partition coefficient (Wildman–Crippen LogP) is 4.62. The van der Waals surface area contributed by atoms with Crippen molar-refractivity contribution in [1.82, 2.24) is 15.0 Å². The molecule has 0 atom stereocenters. The van der Waals surface area contributed by atoms with Crippen LogP contribution >= 0.6 is 0 Å². The topological polar surface area (TPSA) is 115 Å². The van der Waals surface area contributed by atoms with E-state index in [-0.39, 0.29) is 47.6 Å². The van der Waals surface area contributed by atoms with Gasteiger partial charge < -0.3 is 19.7 Å². The van der Waals surface area contributed by atoms with E-state index in [2.05, 4.69) is 19.7 Å². The quantitative estimate of drug-likeness (QED) is 0.291. The average molecular weight is 457 g/mol. The molecule has 0 bridgehead atoms. The van der Waals surface area contributed by atoms with E-state index in [1.165, 1.54) is 19.2 Å². The van der Waals surface area contributed by atoms with Gasteiger partial charge in [-0.1, -0.05) is 60.7 Å². The highest BCUT2D eigenvalue weighted by Gasteiger charge is 2.19. The fourth-order valence-electron chi connectivity index (χ4n) is 3.33. The summed E-state index contributed by atoms with van der Waals surface area (Å²) in [6.07, 6.45) is 0.645. The number of hydrogen-bond donors (Lipinski definition) is 2. The molecule has 4 aromatic rings. The Bertz CT molecular complexity index is 1200. The Hall–Kier alpha value is -4.46. The smallest absolute Gasteiger partial charge is 0.305 e. The first-order valence-electron chi connectivity index (χ1n) is 10.7. The van der Waals surface area contributed by atoms with E-state index in [9.17, 15) is 15.0 Å². The molecule has 1 heterocycles. The molecule has 0 fully saturated rings. The molecule has 0 aliphatic heterocycles. The van der Waals surface area contributed by atoms with E-state index in [0.717, 1.165) is 11.1 Å². The van der Waals surface area contributed by atoms with Gasteiger partial charge in [-0.15, -0.1) is 0 Å². The van der Waals surface area contributed by atoms with Crippen molar-refractivity contribution in [3.05, 3.63) is 72.8 Å². The van der Waals surface area contributed by atoms with Crippen molar-refractivity contribution < 1.29 is 24.5 Å². The Balaban J connectivity index is 1.70. The molecule has 0 aliphatic carbocycles. The fraction of sp³-hybridized carbons (Fsp3) is 0.154. The van der Waals surface area contributed by atoms with Crippen LogP contribution in [-0.2, 0) is 9.53 Å². The van der Waals surface area contributed by atoms with Crippen molar-refractivity contribution in [2.24, 2.45) is 0 Å². The van der Waals surface area contributed by atoms with Crippen molar-refractivity contribution in [2.45, 2.75) is 12.8 Å². The van der Waals surface area contributed by atoms with Crippen molar-refractivity contribution in [3.8, 4) is 51.4 Å². The van der Waals surface area contributed by atoms with Gasteiger partial charge in [0, 0.05) is 29.7 Å². The van der Waals surface area contributed by atoms with E-state index >= 15 is 0 Å². The van der Waals surface area contributed by atoms with Crippen LogP contribution in [0, 0.1) is 0 Å². The maximum atomic E-state index is 11.2. The summed E-state index contributed by atoms with van der Waals surface area (Å²) >= 11 is 0.